The highest BCUT2D eigenvalue weighted by atomic mass is 32.1. The number of amidine groups is 1. The summed E-state index contributed by atoms with van der Waals surface area (Å²) in [5.74, 6) is 1.88. The number of anilines is 2. The number of hydrogen-bond acceptors (Lipinski definition) is 11. The van der Waals surface area contributed by atoms with Gasteiger partial charge >= 0.3 is 5.97 Å². The normalized spacial score (nSPS) is 15.4. The maximum Gasteiger partial charge on any atom is 0.330 e. The van der Waals surface area contributed by atoms with Gasteiger partial charge in [-0.1, -0.05) is 80.1 Å². The number of aliphatic imine (C=N–C) groups is 1. The van der Waals surface area contributed by atoms with Gasteiger partial charge in [0.2, 0.25) is 5.13 Å². The zero-order valence-electron chi connectivity index (χ0n) is 37.1. The Kier molecular flexibility index (Phi) is 19.0. The van der Waals surface area contributed by atoms with Gasteiger partial charge in [-0.3, -0.25) is 0 Å². The van der Waals surface area contributed by atoms with Gasteiger partial charge in [0.1, 0.15) is 11.6 Å². The molecule has 0 atom stereocenters. The Labute approximate surface area is 377 Å². The zero-order chi connectivity index (χ0) is 44.1. The molecule has 0 aliphatic heterocycles. The third-order valence-electron chi connectivity index (χ3n) is 11.3. The van der Waals surface area contributed by atoms with Crippen LogP contribution < -0.4 is 26.1 Å². The highest BCUT2D eigenvalue weighted by Crippen LogP contribution is 2.33. The average Bonchev–Trinajstić information content (AvgIpc) is 3.75. The summed E-state index contributed by atoms with van der Waals surface area (Å²) in [7, 11) is 1.93. The summed E-state index contributed by atoms with van der Waals surface area (Å²) in [5.41, 5.74) is 14.0. The maximum atomic E-state index is 11.1. The summed E-state index contributed by atoms with van der Waals surface area (Å²) in [6.07, 6.45) is 13.4. The standard InChI is InChI=1S/C51H65N7O4S/c1-4-12-38-15-19-40(20-16-38)46-28-27-45(35-42(46)36-55-58(31-34-60-33-30-53-3)51-57-47-13-8-9-14-48(47)63-51)62-37-39-17-21-41(22-18-39)50(52)56-44-25-23-43(24-26-44)54-29-10-6-7-11-32-61-49(59)5-2/h5,8-9,13-16,19-20,23-28,35-36,39,41,53-54H,2,4,6-7,10-12,17-18,21-22,29-34,37H2,1,3H3,(H2,52,56)/b55-36+. The molecule has 0 bridgehead atoms. The zero-order valence-corrected chi connectivity index (χ0v) is 37.9. The molecule has 63 heavy (non-hydrogen) atoms. The summed E-state index contributed by atoms with van der Waals surface area (Å²) < 4.78 is 18.6. The van der Waals surface area contributed by atoms with E-state index in [-0.39, 0.29) is 11.9 Å². The molecule has 1 saturated carbocycles. The SMILES string of the molecule is C=CC(=O)OCCCCCCNc1ccc(N=C(N)C2CCC(COc3ccc(-c4ccc(CCC)cc4)c(/C=N/N(CCOCCNC)c4nc5ccccc5s4)c3)CC2)cc1. The number of para-hydroxylation sites is 1. The van der Waals surface area contributed by atoms with Crippen molar-refractivity contribution in [2.24, 2.45) is 27.7 Å². The summed E-state index contributed by atoms with van der Waals surface area (Å²) >= 11 is 1.63. The Morgan fingerprint density at radius 2 is 1.73 bits per heavy atom. The lowest BCUT2D eigenvalue weighted by molar-refractivity contribution is -0.137. The number of carbonyl (C=O) groups is 1. The van der Waals surface area contributed by atoms with Gasteiger partial charge in [-0.05, 0) is 130 Å². The number of hydrogen-bond donors (Lipinski definition) is 3. The van der Waals surface area contributed by atoms with Crippen molar-refractivity contribution in [1.82, 2.24) is 10.3 Å². The molecular weight excluding hydrogens is 807 g/mol. The number of aromatic nitrogens is 1. The van der Waals surface area contributed by atoms with Crippen molar-refractivity contribution >= 4 is 56.1 Å². The van der Waals surface area contributed by atoms with Crippen LogP contribution in [-0.4, -0.2) is 76.1 Å². The second-order valence-electron chi connectivity index (χ2n) is 16.1. The lowest BCUT2D eigenvalue weighted by Gasteiger charge is -2.28. The number of nitrogens with one attached hydrogen (secondary N) is 2. The minimum absolute atomic E-state index is 0.261. The maximum absolute atomic E-state index is 11.1. The van der Waals surface area contributed by atoms with Crippen molar-refractivity contribution in [2.45, 2.75) is 71.1 Å². The summed E-state index contributed by atoms with van der Waals surface area (Å²) in [5, 5.41) is 14.5. The molecule has 0 amide bonds. The van der Waals surface area contributed by atoms with Gasteiger partial charge < -0.3 is 30.6 Å². The van der Waals surface area contributed by atoms with Crippen LogP contribution in [0.5, 0.6) is 5.75 Å². The molecule has 6 rings (SSSR count). The minimum atomic E-state index is -0.358. The molecule has 0 radical (unpaired) electrons. The molecule has 334 valence electrons. The van der Waals surface area contributed by atoms with E-state index in [0.717, 1.165) is 126 Å². The first-order valence-corrected chi connectivity index (χ1v) is 23.5. The Balaban J connectivity index is 1.04. The number of likely N-dealkylation sites (N-methyl/N-ethyl adjacent to an activating group) is 1. The van der Waals surface area contributed by atoms with Gasteiger partial charge in [0.05, 0.1) is 55.1 Å². The molecule has 1 heterocycles. The van der Waals surface area contributed by atoms with Crippen LogP contribution >= 0.6 is 11.3 Å². The number of thiazole rings is 1. The number of nitrogens with two attached hydrogens (primary N) is 1. The highest BCUT2D eigenvalue weighted by molar-refractivity contribution is 7.22. The van der Waals surface area contributed by atoms with E-state index in [2.05, 4.69) is 84.8 Å². The minimum Gasteiger partial charge on any atom is -0.493 e. The van der Waals surface area contributed by atoms with Gasteiger partial charge in [0.15, 0.2) is 0 Å². The number of benzene rings is 4. The van der Waals surface area contributed by atoms with Crippen molar-refractivity contribution < 1.29 is 19.0 Å². The number of nitrogens with zero attached hydrogens (tertiary/aromatic N) is 4. The smallest absolute Gasteiger partial charge is 0.330 e. The number of unbranched alkanes of at least 4 members (excludes halogenated alkanes) is 3. The van der Waals surface area contributed by atoms with Crippen LogP contribution in [-0.2, 0) is 20.7 Å². The van der Waals surface area contributed by atoms with E-state index in [1.165, 1.54) is 11.6 Å². The Bertz CT molecular complexity index is 2180. The van der Waals surface area contributed by atoms with Gasteiger partial charge in [0.25, 0.3) is 0 Å². The van der Waals surface area contributed by atoms with Gasteiger partial charge in [-0.15, -0.1) is 0 Å². The molecule has 4 N–H and O–H groups in total. The predicted molar refractivity (Wildman–Crippen MR) is 262 cm³/mol. The molecule has 4 aromatic carbocycles. The van der Waals surface area contributed by atoms with E-state index in [4.69, 9.17) is 35.0 Å². The molecule has 12 heteroatoms. The third-order valence-corrected chi connectivity index (χ3v) is 12.3. The second kappa shape index (κ2) is 25.5. The first-order valence-electron chi connectivity index (χ1n) is 22.6. The van der Waals surface area contributed by atoms with Gasteiger partial charge in [-0.25, -0.2) is 19.8 Å². The van der Waals surface area contributed by atoms with E-state index in [1.54, 1.807) is 11.3 Å². The van der Waals surface area contributed by atoms with Crippen LogP contribution in [0.1, 0.15) is 75.8 Å². The molecule has 11 nitrogen and oxygen atoms in total. The Morgan fingerprint density at radius 3 is 2.49 bits per heavy atom. The summed E-state index contributed by atoms with van der Waals surface area (Å²) in [6, 6.07) is 31.6. The number of ether oxygens (including phenoxy) is 3. The van der Waals surface area contributed by atoms with E-state index in [0.29, 0.717) is 44.7 Å². The van der Waals surface area contributed by atoms with Crippen molar-refractivity contribution in [3.05, 3.63) is 115 Å². The lowest BCUT2D eigenvalue weighted by Crippen LogP contribution is -2.29. The predicted octanol–water partition coefficient (Wildman–Crippen LogP) is 10.6. The van der Waals surface area contributed by atoms with Crippen LogP contribution in [0.15, 0.2) is 114 Å². The van der Waals surface area contributed by atoms with Crippen molar-refractivity contribution in [1.29, 1.82) is 0 Å². The monoisotopic (exact) mass is 871 g/mol. The lowest BCUT2D eigenvalue weighted by atomic mass is 9.82. The van der Waals surface area contributed by atoms with Gasteiger partial charge in [-0.2, -0.15) is 5.10 Å². The third kappa shape index (κ3) is 15.0. The van der Waals surface area contributed by atoms with Crippen LogP contribution in [0.2, 0.25) is 0 Å². The number of esters is 1. The number of rotatable bonds is 26. The van der Waals surface area contributed by atoms with Crippen LogP contribution in [0.25, 0.3) is 21.3 Å². The number of carbonyl (C=O) groups excluding carboxylic acids is 1. The second-order valence-corrected chi connectivity index (χ2v) is 17.1. The molecule has 1 aliphatic rings. The van der Waals surface area contributed by atoms with Crippen molar-refractivity contribution in [2.75, 3.05) is 63.4 Å². The number of hydrazone groups is 1. The largest absolute Gasteiger partial charge is 0.493 e. The first-order chi connectivity index (χ1) is 30.9. The molecule has 5 aromatic rings. The highest BCUT2D eigenvalue weighted by Gasteiger charge is 2.24. The fourth-order valence-corrected chi connectivity index (χ4v) is 8.60. The molecular formula is C51H65N7O4S. The van der Waals surface area contributed by atoms with E-state index in [9.17, 15) is 4.79 Å². The molecule has 0 saturated heterocycles. The molecule has 0 unspecified atom stereocenters. The van der Waals surface area contributed by atoms with Crippen LogP contribution in [0.4, 0.5) is 16.5 Å². The number of aryl methyl sites for hydroxylation is 1. The fourth-order valence-electron chi connectivity index (χ4n) is 7.65. The summed E-state index contributed by atoms with van der Waals surface area (Å²) in [6.45, 7) is 10.1. The van der Waals surface area contributed by atoms with Crippen molar-refractivity contribution in [3.8, 4) is 16.9 Å². The molecule has 1 fully saturated rings. The van der Waals surface area contributed by atoms with Crippen LogP contribution in [0, 0.1) is 11.8 Å². The first kappa shape index (κ1) is 46.9. The fraction of sp³-hybridized carbons (Fsp3) is 0.412. The molecule has 1 aromatic heterocycles. The van der Waals surface area contributed by atoms with E-state index < -0.39 is 0 Å². The van der Waals surface area contributed by atoms with Crippen molar-refractivity contribution in [3.63, 3.8) is 0 Å². The summed E-state index contributed by atoms with van der Waals surface area (Å²) in [4.78, 5) is 20.9. The topological polar surface area (TPSA) is 136 Å². The van der Waals surface area contributed by atoms with E-state index >= 15 is 0 Å². The van der Waals surface area contributed by atoms with Gasteiger partial charge in [0, 0.05) is 36.3 Å². The molecule has 1 aliphatic carbocycles. The Morgan fingerprint density at radius 1 is 0.937 bits per heavy atom. The quantitative estimate of drug-likeness (QED) is 0.0124. The molecule has 0 spiro atoms. The average molecular weight is 872 g/mol. The van der Waals surface area contributed by atoms with Crippen LogP contribution in [0.3, 0.4) is 0 Å². The Hall–Kier alpha value is -5.56. The number of fused-ring (bicyclic) bond motifs is 1. The van der Waals surface area contributed by atoms with E-state index in [1.807, 2.05) is 48.6 Å².